The van der Waals surface area contributed by atoms with E-state index in [2.05, 4.69) is 15.5 Å². The predicted octanol–water partition coefficient (Wildman–Crippen LogP) is 2.87. The Balaban J connectivity index is 2.13. The zero-order valence-corrected chi connectivity index (χ0v) is 9.34. The van der Waals surface area contributed by atoms with Gasteiger partial charge in [0.15, 0.2) is 0 Å². The summed E-state index contributed by atoms with van der Waals surface area (Å²) >= 11 is 5.50. The number of alkyl halides is 1. The molecule has 0 spiro atoms. The molecule has 1 aromatic heterocycles. The first kappa shape index (κ1) is 11.8. The van der Waals surface area contributed by atoms with Gasteiger partial charge in [0, 0.05) is 18.4 Å². The van der Waals surface area contributed by atoms with Crippen molar-refractivity contribution in [2.24, 2.45) is 0 Å². The molecule has 0 amide bonds. The fourth-order valence-electron chi connectivity index (χ4n) is 1.19. The molecule has 1 heterocycles. The van der Waals surface area contributed by atoms with Crippen LogP contribution < -0.4 is 5.32 Å². The van der Waals surface area contributed by atoms with Crippen LogP contribution in [0.4, 0.5) is 20.5 Å². The van der Waals surface area contributed by atoms with Crippen LogP contribution in [0.2, 0.25) is 0 Å². The van der Waals surface area contributed by atoms with Crippen LogP contribution in [-0.2, 0) is 6.42 Å². The summed E-state index contributed by atoms with van der Waals surface area (Å²) in [5, 5.41) is 9.89. The number of hydrogen-bond acceptors (Lipinski definition) is 4. The lowest BCUT2D eigenvalue weighted by Gasteiger charge is -2.02. The van der Waals surface area contributed by atoms with Crippen molar-refractivity contribution in [2.75, 3.05) is 11.2 Å². The standard InChI is InChI=1S/C10H8ClF2N3O/c11-4-3-9-15-16-10(17-9)14-8-2-1-6(12)5-7(8)13/h1-2,5H,3-4H2,(H,14,16). The Kier molecular flexibility index (Phi) is 3.53. The molecule has 2 aromatic rings. The third kappa shape index (κ3) is 2.91. The molecule has 0 unspecified atom stereocenters. The van der Waals surface area contributed by atoms with Crippen molar-refractivity contribution >= 4 is 23.3 Å². The summed E-state index contributed by atoms with van der Waals surface area (Å²) in [6.45, 7) is 0. The molecule has 1 N–H and O–H groups in total. The summed E-state index contributed by atoms with van der Waals surface area (Å²) in [5.74, 6) is -0.680. The van der Waals surface area contributed by atoms with Gasteiger partial charge in [0.2, 0.25) is 5.89 Å². The maximum Gasteiger partial charge on any atom is 0.320 e. The Hall–Kier alpha value is -1.69. The molecule has 17 heavy (non-hydrogen) atoms. The maximum absolute atomic E-state index is 13.3. The van der Waals surface area contributed by atoms with Crippen LogP contribution in [0.5, 0.6) is 0 Å². The molecule has 0 saturated carbocycles. The minimum atomic E-state index is -0.734. The summed E-state index contributed by atoms with van der Waals surface area (Å²) < 4.78 is 31.1. The summed E-state index contributed by atoms with van der Waals surface area (Å²) in [5.41, 5.74) is 0.0625. The Morgan fingerprint density at radius 3 is 2.82 bits per heavy atom. The van der Waals surface area contributed by atoms with E-state index < -0.39 is 11.6 Å². The Morgan fingerprint density at radius 2 is 2.12 bits per heavy atom. The van der Waals surface area contributed by atoms with E-state index in [4.69, 9.17) is 16.0 Å². The minimum Gasteiger partial charge on any atom is -0.408 e. The van der Waals surface area contributed by atoms with Crippen LogP contribution >= 0.6 is 11.6 Å². The number of anilines is 2. The molecule has 0 radical (unpaired) electrons. The zero-order valence-electron chi connectivity index (χ0n) is 8.58. The highest BCUT2D eigenvalue weighted by molar-refractivity contribution is 6.17. The molecule has 0 aliphatic heterocycles. The van der Waals surface area contributed by atoms with Gasteiger partial charge in [-0.25, -0.2) is 8.78 Å². The van der Waals surface area contributed by atoms with Crippen molar-refractivity contribution in [2.45, 2.75) is 6.42 Å². The number of nitrogens with zero attached hydrogens (tertiary/aromatic N) is 2. The molecular weight excluding hydrogens is 252 g/mol. The lowest BCUT2D eigenvalue weighted by molar-refractivity contribution is 0.515. The van der Waals surface area contributed by atoms with Crippen LogP contribution in [0.25, 0.3) is 0 Å². The van der Waals surface area contributed by atoms with E-state index in [1.807, 2.05) is 0 Å². The first-order valence-electron chi connectivity index (χ1n) is 4.79. The molecule has 7 heteroatoms. The van der Waals surface area contributed by atoms with Crippen molar-refractivity contribution in [3.05, 3.63) is 35.7 Å². The third-order valence-electron chi connectivity index (χ3n) is 1.95. The largest absolute Gasteiger partial charge is 0.408 e. The molecular formula is C10H8ClF2N3O. The van der Waals surface area contributed by atoms with Crippen LogP contribution in [0.3, 0.4) is 0 Å². The smallest absolute Gasteiger partial charge is 0.320 e. The number of nitrogens with one attached hydrogen (secondary N) is 1. The molecule has 0 saturated heterocycles. The van der Waals surface area contributed by atoms with Gasteiger partial charge in [-0.2, -0.15) is 0 Å². The highest BCUT2D eigenvalue weighted by Gasteiger charge is 2.09. The van der Waals surface area contributed by atoms with Crippen molar-refractivity contribution in [3.63, 3.8) is 0 Å². The van der Waals surface area contributed by atoms with E-state index >= 15 is 0 Å². The predicted molar refractivity (Wildman–Crippen MR) is 58.4 cm³/mol. The maximum atomic E-state index is 13.3. The van der Waals surface area contributed by atoms with Crippen molar-refractivity contribution in [3.8, 4) is 0 Å². The van der Waals surface area contributed by atoms with E-state index in [0.717, 1.165) is 12.1 Å². The van der Waals surface area contributed by atoms with Gasteiger partial charge in [0.05, 0.1) is 5.69 Å². The van der Waals surface area contributed by atoms with Gasteiger partial charge in [0.1, 0.15) is 11.6 Å². The van der Waals surface area contributed by atoms with Gasteiger partial charge in [-0.05, 0) is 12.1 Å². The van der Waals surface area contributed by atoms with Crippen molar-refractivity contribution in [1.29, 1.82) is 0 Å². The van der Waals surface area contributed by atoms with Crippen LogP contribution in [0.1, 0.15) is 5.89 Å². The van der Waals surface area contributed by atoms with E-state index in [1.54, 1.807) is 0 Å². The van der Waals surface area contributed by atoms with Crippen LogP contribution in [0.15, 0.2) is 22.6 Å². The monoisotopic (exact) mass is 259 g/mol. The van der Waals surface area contributed by atoms with E-state index in [-0.39, 0.29) is 11.7 Å². The molecule has 2 rings (SSSR count). The summed E-state index contributed by atoms with van der Waals surface area (Å²) in [7, 11) is 0. The van der Waals surface area contributed by atoms with Crippen molar-refractivity contribution < 1.29 is 13.2 Å². The Morgan fingerprint density at radius 1 is 1.29 bits per heavy atom. The normalized spacial score (nSPS) is 10.5. The number of halogens is 3. The van der Waals surface area contributed by atoms with Gasteiger partial charge in [-0.1, -0.05) is 5.10 Å². The molecule has 0 aliphatic rings. The summed E-state index contributed by atoms with van der Waals surface area (Å²) in [6.07, 6.45) is 0.433. The molecule has 0 atom stereocenters. The Labute approximate surface area is 101 Å². The highest BCUT2D eigenvalue weighted by Crippen LogP contribution is 2.19. The number of hydrogen-bond donors (Lipinski definition) is 1. The molecule has 0 bridgehead atoms. The van der Waals surface area contributed by atoms with Gasteiger partial charge in [-0.15, -0.1) is 16.7 Å². The zero-order chi connectivity index (χ0) is 12.3. The van der Waals surface area contributed by atoms with E-state index in [9.17, 15) is 8.78 Å². The lowest BCUT2D eigenvalue weighted by atomic mass is 10.3. The fourth-order valence-corrected chi connectivity index (χ4v) is 1.35. The minimum absolute atomic E-state index is 0.0376. The molecule has 1 aromatic carbocycles. The van der Waals surface area contributed by atoms with Gasteiger partial charge in [0.25, 0.3) is 0 Å². The number of aromatic nitrogens is 2. The SMILES string of the molecule is Fc1ccc(Nc2nnc(CCCl)o2)c(F)c1. The second-order valence-electron chi connectivity index (χ2n) is 3.19. The highest BCUT2D eigenvalue weighted by atomic mass is 35.5. The number of rotatable bonds is 4. The van der Waals surface area contributed by atoms with E-state index in [0.29, 0.717) is 18.2 Å². The molecule has 90 valence electrons. The van der Waals surface area contributed by atoms with Crippen molar-refractivity contribution in [1.82, 2.24) is 10.2 Å². The second-order valence-corrected chi connectivity index (χ2v) is 3.57. The van der Waals surface area contributed by atoms with Crippen LogP contribution in [-0.4, -0.2) is 16.1 Å². The average molecular weight is 260 g/mol. The molecule has 0 fully saturated rings. The van der Waals surface area contributed by atoms with Crippen LogP contribution in [0, 0.1) is 11.6 Å². The first-order valence-corrected chi connectivity index (χ1v) is 5.33. The Bertz CT molecular complexity index is 518. The molecule has 0 aliphatic carbocycles. The van der Waals surface area contributed by atoms with Gasteiger partial charge in [-0.3, -0.25) is 0 Å². The summed E-state index contributed by atoms with van der Waals surface area (Å²) in [6, 6.07) is 3.17. The van der Waals surface area contributed by atoms with Gasteiger partial charge < -0.3 is 9.73 Å². The molecule has 4 nitrogen and oxygen atoms in total. The number of benzene rings is 1. The fraction of sp³-hybridized carbons (Fsp3) is 0.200. The number of aryl methyl sites for hydroxylation is 1. The third-order valence-corrected chi connectivity index (χ3v) is 2.14. The average Bonchev–Trinajstić information content (AvgIpc) is 2.71. The lowest BCUT2D eigenvalue weighted by Crippen LogP contribution is -1.94. The quantitative estimate of drug-likeness (QED) is 0.858. The topological polar surface area (TPSA) is 51.0 Å². The van der Waals surface area contributed by atoms with E-state index in [1.165, 1.54) is 6.07 Å². The second kappa shape index (κ2) is 5.09. The summed E-state index contributed by atoms with van der Waals surface area (Å²) in [4.78, 5) is 0. The van der Waals surface area contributed by atoms with Gasteiger partial charge >= 0.3 is 6.01 Å². The first-order chi connectivity index (χ1) is 8.19.